The lowest BCUT2D eigenvalue weighted by molar-refractivity contribution is -0.118. The first kappa shape index (κ1) is 21.8. The average molecular weight is 481 g/mol. The Bertz CT molecular complexity index is 984. The van der Waals surface area contributed by atoms with Crippen molar-refractivity contribution in [2.45, 2.75) is 38.0 Å². The quantitative estimate of drug-likeness (QED) is 0.646. The molecule has 0 saturated carbocycles. The lowest BCUT2D eigenvalue weighted by Crippen LogP contribution is -2.27. The number of aryl methyl sites for hydroxylation is 2. The van der Waals surface area contributed by atoms with Crippen molar-refractivity contribution in [3.8, 4) is 5.75 Å². The Morgan fingerprint density at radius 3 is 2.45 bits per heavy atom. The number of amides is 1. The zero-order chi connectivity index (χ0) is 21.0. The monoisotopic (exact) mass is 480 g/mol. The van der Waals surface area contributed by atoms with Crippen LogP contribution in [0.4, 0.5) is 5.69 Å². The molecule has 1 aliphatic heterocycles. The maximum absolute atomic E-state index is 12.5. The third-order valence-electron chi connectivity index (χ3n) is 4.92. The topological polar surface area (TPSA) is 75.7 Å². The number of hydrogen-bond donors (Lipinski definition) is 1. The van der Waals surface area contributed by atoms with Gasteiger partial charge in [0.1, 0.15) is 5.75 Å². The second-order valence-electron chi connectivity index (χ2n) is 7.03. The largest absolute Gasteiger partial charge is 0.484 e. The fraction of sp³-hybridized carbons (Fsp3) is 0.381. The first-order chi connectivity index (χ1) is 13.8. The maximum atomic E-state index is 12.5. The third kappa shape index (κ3) is 5.18. The molecule has 0 unspecified atom stereocenters. The van der Waals surface area contributed by atoms with Gasteiger partial charge in [-0.15, -0.1) is 0 Å². The Morgan fingerprint density at radius 1 is 1.17 bits per heavy atom. The van der Waals surface area contributed by atoms with Crippen molar-refractivity contribution >= 4 is 37.5 Å². The van der Waals surface area contributed by atoms with Gasteiger partial charge in [0.25, 0.3) is 5.91 Å². The van der Waals surface area contributed by atoms with Crippen molar-refractivity contribution < 1.29 is 17.9 Å². The van der Waals surface area contributed by atoms with Crippen LogP contribution in [0.15, 0.2) is 45.8 Å². The summed E-state index contributed by atoms with van der Waals surface area (Å²) in [5, 5.41) is 2.91. The van der Waals surface area contributed by atoms with E-state index >= 15 is 0 Å². The number of halogens is 1. The molecule has 1 heterocycles. The molecule has 1 aliphatic rings. The smallest absolute Gasteiger partial charge is 0.262 e. The highest BCUT2D eigenvalue weighted by molar-refractivity contribution is 9.10. The van der Waals surface area contributed by atoms with Crippen LogP contribution in [0.3, 0.4) is 0 Å². The lowest BCUT2D eigenvalue weighted by Gasteiger charge is -2.16. The third-order valence-corrected chi connectivity index (χ3v) is 7.29. The van der Waals surface area contributed by atoms with Crippen molar-refractivity contribution in [3.63, 3.8) is 0 Å². The number of rotatable bonds is 7. The summed E-state index contributed by atoms with van der Waals surface area (Å²) in [6.07, 6.45) is 2.59. The summed E-state index contributed by atoms with van der Waals surface area (Å²) in [6, 6.07) is 10.2. The predicted octanol–water partition coefficient (Wildman–Crippen LogP) is 4.12. The van der Waals surface area contributed by atoms with Crippen molar-refractivity contribution in [1.82, 2.24) is 4.31 Å². The van der Waals surface area contributed by atoms with Crippen LogP contribution < -0.4 is 10.1 Å². The number of carbonyl (C=O) groups excluding carboxylic acids is 1. The van der Waals surface area contributed by atoms with Crippen molar-refractivity contribution in [1.29, 1.82) is 0 Å². The minimum atomic E-state index is -3.45. The molecule has 1 saturated heterocycles. The van der Waals surface area contributed by atoms with Gasteiger partial charge < -0.3 is 10.1 Å². The van der Waals surface area contributed by atoms with Gasteiger partial charge in [-0.2, -0.15) is 4.31 Å². The number of anilines is 1. The first-order valence-electron chi connectivity index (χ1n) is 9.63. The number of benzene rings is 2. The van der Waals surface area contributed by atoms with Gasteiger partial charge in [0.15, 0.2) is 6.61 Å². The van der Waals surface area contributed by atoms with Crippen LogP contribution in [-0.4, -0.2) is 38.3 Å². The first-order valence-corrected chi connectivity index (χ1v) is 11.9. The van der Waals surface area contributed by atoms with Crippen LogP contribution >= 0.6 is 15.9 Å². The van der Waals surface area contributed by atoms with E-state index in [1.54, 1.807) is 12.1 Å². The minimum Gasteiger partial charge on any atom is -0.484 e. The fourth-order valence-corrected chi connectivity index (χ4v) is 5.52. The SMILES string of the molecule is CCc1cc(Br)cc(C)c1NC(=O)COc1ccc(S(=O)(=O)N2CCCC2)cc1. The molecule has 0 radical (unpaired) electrons. The van der Waals surface area contributed by atoms with E-state index in [-0.39, 0.29) is 17.4 Å². The summed E-state index contributed by atoms with van der Waals surface area (Å²) in [7, 11) is -3.45. The van der Waals surface area contributed by atoms with Crippen LogP contribution in [0, 0.1) is 6.92 Å². The summed E-state index contributed by atoms with van der Waals surface area (Å²) in [5.74, 6) is 0.183. The normalized spacial score (nSPS) is 14.7. The van der Waals surface area contributed by atoms with Crippen LogP contribution in [-0.2, 0) is 21.2 Å². The summed E-state index contributed by atoms with van der Waals surface area (Å²) in [5.41, 5.74) is 2.82. The van der Waals surface area contributed by atoms with Crippen LogP contribution in [0.2, 0.25) is 0 Å². The van der Waals surface area contributed by atoms with Gasteiger partial charge in [0, 0.05) is 23.2 Å². The molecule has 0 atom stereocenters. The molecule has 2 aromatic rings. The highest BCUT2D eigenvalue weighted by Gasteiger charge is 2.27. The molecular weight excluding hydrogens is 456 g/mol. The molecule has 6 nitrogen and oxygen atoms in total. The highest BCUT2D eigenvalue weighted by atomic mass is 79.9. The number of carbonyl (C=O) groups is 1. The molecule has 1 amide bonds. The molecule has 1 fully saturated rings. The Balaban J connectivity index is 1.61. The molecule has 0 aromatic heterocycles. The summed E-state index contributed by atoms with van der Waals surface area (Å²) >= 11 is 3.47. The molecular formula is C21H25BrN2O4S. The standard InChI is InChI=1S/C21H25BrN2O4S/c1-3-16-13-17(22)12-15(2)21(16)23-20(25)14-28-18-6-8-19(9-7-18)29(26,27)24-10-4-5-11-24/h6-9,12-13H,3-5,10-11,14H2,1-2H3,(H,23,25). The molecule has 0 aliphatic carbocycles. The van der Waals surface area contributed by atoms with Crippen LogP contribution in [0.5, 0.6) is 5.75 Å². The van der Waals surface area contributed by atoms with Gasteiger partial charge in [0.05, 0.1) is 4.90 Å². The zero-order valence-corrected chi connectivity index (χ0v) is 19.0. The molecule has 0 bridgehead atoms. The van der Waals surface area contributed by atoms with Gasteiger partial charge in [-0.25, -0.2) is 8.42 Å². The van der Waals surface area contributed by atoms with Crippen molar-refractivity contribution in [2.75, 3.05) is 25.0 Å². The summed E-state index contributed by atoms with van der Waals surface area (Å²) in [6.45, 7) is 4.95. The number of nitrogens with zero attached hydrogens (tertiary/aromatic N) is 1. The van der Waals surface area contributed by atoms with Gasteiger partial charge in [-0.1, -0.05) is 22.9 Å². The van der Waals surface area contributed by atoms with Gasteiger partial charge in [-0.3, -0.25) is 4.79 Å². The van der Waals surface area contributed by atoms with E-state index in [4.69, 9.17) is 4.74 Å². The van der Waals surface area contributed by atoms with Crippen molar-refractivity contribution in [2.24, 2.45) is 0 Å². The second kappa shape index (κ2) is 9.28. The molecule has 29 heavy (non-hydrogen) atoms. The molecule has 156 valence electrons. The van der Waals surface area contributed by atoms with E-state index in [1.807, 2.05) is 26.0 Å². The van der Waals surface area contributed by atoms with Gasteiger partial charge in [-0.05, 0) is 73.7 Å². The van der Waals surface area contributed by atoms with Gasteiger partial charge >= 0.3 is 0 Å². The number of nitrogens with one attached hydrogen (secondary N) is 1. The van der Waals surface area contributed by atoms with E-state index in [9.17, 15) is 13.2 Å². The Kier molecular flexibility index (Phi) is 6.97. The number of ether oxygens (including phenoxy) is 1. The van der Waals surface area contributed by atoms with E-state index in [1.165, 1.54) is 16.4 Å². The number of sulfonamides is 1. The van der Waals surface area contributed by atoms with Crippen molar-refractivity contribution in [3.05, 3.63) is 52.0 Å². The minimum absolute atomic E-state index is 0.156. The second-order valence-corrected chi connectivity index (χ2v) is 9.88. The zero-order valence-electron chi connectivity index (χ0n) is 16.6. The fourth-order valence-electron chi connectivity index (χ4n) is 3.38. The maximum Gasteiger partial charge on any atom is 0.262 e. The Morgan fingerprint density at radius 2 is 1.83 bits per heavy atom. The lowest BCUT2D eigenvalue weighted by atomic mass is 10.1. The summed E-state index contributed by atoms with van der Waals surface area (Å²) < 4.78 is 33.1. The molecule has 0 spiro atoms. The Hall–Kier alpha value is -1.90. The van der Waals surface area contributed by atoms with Gasteiger partial charge in [0.2, 0.25) is 10.0 Å². The number of hydrogen-bond acceptors (Lipinski definition) is 4. The molecule has 8 heteroatoms. The molecule has 3 rings (SSSR count). The van der Waals surface area contributed by atoms with E-state index < -0.39 is 10.0 Å². The summed E-state index contributed by atoms with van der Waals surface area (Å²) in [4.78, 5) is 12.6. The average Bonchev–Trinajstić information content (AvgIpc) is 3.24. The van der Waals surface area contributed by atoms with Crippen LogP contribution in [0.25, 0.3) is 0 Å². The van der Waals surface area contributed by atoms with E-state index in [0.29, 0.717) is 18.8 Å². The van der Waals surface area contributed by atoms with E-state index in [2.05, 4.69) is 21.2 Å². The highest BCUT2D eigenvalue weighted by Crippen LogP contribution is 2.27. The Labute approximate surface area is 180 Å². The predicted molar refractivity (Wildman–Crippen MR) is 117 cm³/mol. The molecule has 2 aromatic carbocycles. The molecule has 1 N–H and O–H groups in total. The van der Waals surface area contributed by atoms with Crippen LogP contribution in [0.1, 0.15) is 30.9 Å². The van der Waals surface area contributed by atoms with E-state index in [0.717, 1.165) is 40.5 Å².